The van der Waals surface area contributed by atoms with Gasteiger partial charge >= 0.3 is 0 Å². The first-order chi connectivity index (χ1) is 10.6. The Morgan fingerprint density at radius 3 is 2.82 bits per heavy atom. The van der Waals surface area contributed by atoms with Gasteiger partial charge in [-0.2, -0.15) is 5.10 Å². The molecule has 6 nitrogen and oxygen atoms in total. The SMILES string of the molecule is OC(CC1C=NC=N1)(Cn1cncn1)c1ccc(F)cc1F. The summed E-state index contributed by atoms with van der Waals surface area (Å²) in [5.41, 5.74) is -1.64. The lowest BCUT2D eigenvalue weighted by atomic mass is 9.87. The topological polar surface area (TPSA) is 75.7 Å². The lowest BCUT2D eigenvalue weighted by Crippen LogP contribution is -2.36. The van der Waals surface area contributed by atoms with E-state index < -0.39 is 17.2 Å². The maximum Gasteiger partial charge on any atom is 0.137 e. The van der Waals surface area contributed by atoms with Crippen molar-refractivity contribution >= 4 is 12.6 Å². The lowest BCUT2D eigenvalue weighted by Gasteiger charge is -2.30. The summed E-state index contributed by atoms with van der Waals surface area (Å²) >= 11 is 0. The number of hydrogen-bond donors (Lipinski definition) is 1. The fraction of sp³-hybridized carbons (Fsp3) is 0.286. The minimum atomic E-state index is -1.62. The number of hydrogen-bond acceptors (Lipinski definition) is 5. The third kappa shape index (κ3) is 2.91. The molecule has 2 atom stereocenters. The first-order valence-corrected chi connectivity index (χ1v) is 6.62. The van der Waals surface area contributed by atoms with Crippen molar-refractivity contribution in [1.82, 2.24) is 14.8 Å². The van der Waals surface area contributed by atoms with E-state index in [0.29, 0.717) is 0 Å². The van der Waals surface area contributed by atoms with E-state index in [1.807, 2.05) is 0 Å². The van der Waals surface area contributed by atoms with Crippen molar-refractivity contribution in [2.45, 2.75) is 24.6 Å². The summed E-state index contributed by atoms with van der Waals surface area (Å²) in [4.78, 5) is 11.7. The van der Waals surface area contributed by atoms with Gasteiger partial charge in [0.05, 0.1) is 12.6 Å². The summed E-state index contributed by atoms with van der Waals surface area (Å²) in [7, 11) is 0. The third-order valence-electron chi connectivity index (χ3n) is 3.45. The van der Waals surface area contributed by atoms with Crippen LogP contribution < -0.4 is 0 Å². The second-order valence-corrected chi connectivity index (χ2v) is 5.08. The fourth-order valence-electron chi connectivity index (χ4n) is 2.46. The minimum Gasteiger partial charge on any atom is -0.383 e. The Morgan fingerprint density at radius 2 is 2.18 bits per heavy atom. The van der Waals surface area contributed by atoms with Crippen LogP contribution in [0.5, 0.6) is 0 Å². The molecule has 114 valence electrons. The molecule has 3 rings (SSSR count). The fourth-order valence-corrected chi connectivity index (χ4v) is 2.46. The zero-order chi connectivity index (χ0) is 15.6. The van der Waals surface area contributed by atoms with Crippen molar-refractivity contribution in [3.8, 4) is 0 Å². The maximum atomic E-state index is 14.1. The van der Waals surface area contributed by atoms with Crippen molar-refractivity contribution in [2.75, 3.05) is 0 Å². The lowest BCUT2D eigenvalue weighted by molar-refractivity contribution is 0.00220. The quantitative estimate of drug-likeness (QED) is 0.905. The Labute approximate surface area is 124 Å². The van der Waals surface area contributed by atoms with Crippen LogP contribution in [0, 0.1) is 11.6 Å². The van der Waals surface area contributed by atoms with Crippen molar-refractivity contribution in [1.29, 1.82) is 0 Å². The first-order valence-electron chi connectivity index (χ1n) is 6.62. The molecule has 0 bridgehead atoms. The van der Waals surface area contributed by atoms with Gasteiger partial charge in [-0.15, -0.1) is 0 Å². The van der Waals surface area contributed by atoms with Gasteiger partial charge < -0.3 is 5.11 Å². The van der Waals surface area contributed by atoms with Crippen LogP contribution in [-0.4, -0.2) is 38.5 Å². The summed E-state index contributed by atoms with van der Waals surface area (Å²) in [6, 6.07) is 2.71. The Kier molecular flexibility index (Phi) is 3.76. The van der Waals surface area contributed by atoms with Crippen LogP contribution in [-0.2, 0) is 12.1 Å². The average Bonchev–Trinajstić information content (AvgIpc) is 3.12. The number of aliphatic imine (C=N–C) groups is 2. The molecule has 2 unspecified atom stereocenters. The van der Waals surface area contributed by atoms with E-state index >= 15 is 0 Å². The zero-order valence-corrected chi connectivity index (χ0v) is 11.5. The van der Waals surface area contributed by atoms with E-state index in [1.54, 1.807) is 6.21 Å². The van der Waals surface area contributed by atoms with E-state index in [0.717, 1.165) is 12.1 Å². The van der Waals surface area contributed by atoms with Crippen molar-refractivity contribution in [3.05, 3.63) is 48.1 Å². The average molecular weight is 305 g/mol. The summed E-state index contributed by atoms with van der Waals surface area (Å²) < 4.78 is 28.6. The van der Waals surface area contributed by atoms with Crippen LogP contribution in [0.2, 0.25) is 0 Å². The first kappa shape index (κ1) is 14.5. The number of aliphatic hydroxyl groups is 1. The molecule has 2 aromatic rings. The normalized spacial score (nSPS) is 19.5. The van der Waals surface area contributed by atoms with Crippen molar-refractivity contribution in [2.24, 2.45) is 9.98 Å². The molecule has 1 aliphatic rings. The second kappa shape index (κ2) is 5.72. The van der Waals surface area contributed by atoms with E-state index in [9.17, 15) is 13.9 Å². The van der Waals surface area contributed by atoms with Crippen LogP contribution in [0.4, 0.5) is 8.78 Å². The monoisotopic (exact) mass is 305 g/mol. The van der Waals surface area contributed by atoms with E-state index in [4.69, 9.17) is 0 Å². The molecule has 0 fully saturated rings. The predicted octanol–water partition coefficient (Wildman–Crippen LogP) is 1.32. The number of halogens is 2. The highest BCUT2D eigenvalue weighted by Gasteiger charge is 2.36. The molecule has 0 spiro atoms. The Morgan fingerprint density at radius 1 is 1.32 bits per heavy atom. The number of aromatic nitrogens is 3. The summed E-state index contributed by atoms with van der Waals surface area (Å²) in [6.07, 6.45) is 5.76. The van der Waals surface area contributed by atoms with Gasteiger partial charge in [0.15, 0.2) is 0 Å². The molecule has 1 aromatic heterocycles. The molecule has 0 aliphatic carbocycles. The molecule has 1 aliphatic heterocycles. The molecule has 8 heteroatoms. The highest BCUT2D eigenvalue weighted by atomic mass is 19.1. The molecular weight excluding hydrogens is 292 g/mol. The highest BCUT2D eigenvalue weighted by molar-refractivity contribution is 5.82. The smallest absolute Gasteiger partial charge is 0.137 e. The third-order valence-corrected chi connectivity index (χ3v) is 3.45. The van der Waals surface area contributed by atoms with Crippen molar-refractivity contribution < 1.29 is 13.9 Å². The molecule has 0 amide bonds. The largest absolute Gasteiger partial charge is 0.383 e. The number of rotatable bonds is 5. The van der Waals surface area contributed by atoms with Gasteiger partial charge in [0.1, 0.15) is 36.2 Å². The summed E-state index contributed by atoms with van der Waals surface area (Å²) in [5.74, 6) is -1.52. The van der Waals surface area contributed by atoms with Crippen LogP contribution in [0.25, 0.3) is 0 Å². The van der Waals surface area contributed by atoms with Crippen LogP contribution in [0.3, 0.4) is 0 Å². The highest BCUT2D eigenvalue weighted by Crippen LogP contribution is 2.31. The van der Waals surface area contributed by atoms with Gasteiger partial charge in [-0.3, -0.25) is 4.99 Å². The summed E-state index contributed by atoms with van der Waals surface area (Å²) in [5, 5.41) is 14.9. The van der Waals surface area contributed by atoms with Gasteiger partial charge in [0, 0.05) is 24.3 Å². The molecular formula is C14H13F2N5O. The number of benzene rings is 1. The van der Waals surface area contributed by atoms with Gasteiger partial charge in [-0.05, 0) is 6.07 Å². The standard InChI is InChI=1S/C14H13F2N5O/c15-10-1-2-12(13(16)3-10)14(22,4-11-5-17-7-19-11)6-21-9-18-8-20-21/h1-3,5,7-9,11,22H,4,6H2. The Balaban J connectivity index is 1.97. The molecule has 2 heterocycles. The Bertz CT molecular complexity index is 704. The summed E-state index contributed by atoms with van der Waals surface area (Å²) in [6.45, 7) is -0.0323. The van der Waals surface area contributed by atoms with Crippen LogP contribution >= 0.6 is 0 Å². The van der Waals surface area contributed by atoms with E-state index in [-0.39, 0.29) is 24.6 Å². The van der Waals surface area contributed by atoms with Gasteiger partial charge in [-0.25, -0.2) is 23.4 Å². The molecule has 0 radical (unpaired) electrons. The maximum absolute atomic E-state index is 14.1. The van der Waals surface area contributed by atoms with Crippen LogP contribution in [0.1, 0.15) is 12.0 Å². The van der Waals surface area contributed by atoms with Gasteiger partial charge in [-0.1, -0.05) is 6.07 Å². The molecule has 0 saturated heterocycles. The van der Waals surface area contributed by atoms with Gasteiger partial charge in [0.25, 0.3) is 0 Å². The van der Waals surface area contributed by atoms with Gasteiger partial charge in [0.2, 0.25) is 0 Å². The second-order valence-electron chi connectivity index (χ2n) is 5.08. The molecule has 22 heavy (non-hydrogen) atoms. The molecule has 1 aromatic carbocycles. The Hall–Kier alpha value is -2.48. The predicted molar refractivity (Wildman–Crippen MR) is 75.7 cm³/mol. The molecule has 0 saturated carbocycles. The van der Waals surface area contributed by atoms with Crippen molar-refractivity contribution in [3.63, 3.8) is 0 Å². The minimum absolute atomic E-state index is 0.0140. The van der Waals surface area contributed by atoms with E-state index in [1.165, 1.54) is 29.7 Å². The zero-order valence-electron chi connectivity index (χ0n) is 11.5. The van der Waals surface area contributed by atoms with Crippen LogP contribution in [0.15, 0.2) is 40.8 Å². The number of nitrogens with zero attached hydrogens (tertiary/aromatic N) is 5. The van der Waals surface area contributed by atoms with E-state index in [2.05, 4.69) is 20.1 Å². The molecule has 1 N–H and O–H groups in total.